The summed E-state index contributed by atoms with van der Waals surface area (Å²) in [5, 5.41) is 17.2. The Kier molecular flexibility index (Phi) is 3.84. The van der Waals surface area contributed by atoms with Gasteiger partial charge in [-0.15, -0.1) is 0 Å². The van der Waals surface area contributed by atoms with Crippen LogP contribution in [0.5, 0.6) is 11.5 Å². The first-order valence-electron chi connectivity index (χ1n) is 5.74. The standard InChI is InChI=1S/C13H17N3O2/c1-16-6-5-11(15-16)9-14-8-10-3-4-13(18-2)12(17)7-10/h3-7,14,17H,8-9H2,1-2H3. The van der Waals surface area contributed by atoms with Crippen LogP contribution >= 0.6 is 0 Å². The molecule has 1 heterocycles. The molecule has 5 nitrogen and oxygen atoms in total. The van der Waals surface area contributed by atoms with E-state index in [1.54, 1.807) is 16.8 Å². The largest absolute Gasteiger partial charge is 0.504 e. The molecule has 18 heavy (non-hydrogen) atoms. The lowest BCUT2D eigenvalue weighted by atomic mass is 10.2. The third kappa shape index (κ3) is 3.01. The van der Waals surface area contributed by atoms with E-state index in [2.05, 4.69) is 10.4 Å². The van der Waals surface area contributed by atoms with Gasteiger partial charge in [0.25, 0.3) is 0 Å². The van der Waals surface area contributed by atoms with Crippen LogP contribution in [0.4, 0.5) is 0 Å². The molecule has 1 aromatic heterocycles. The van der Waals surface area contributed by atoms with Crippen molar-refractivity contribution in [1.82, 2.24) is 15.1 Å². The number of hydrogen-bond donors (Lipinski definition) is 2. The SMILES string of the molecule is COc1ccc(CNCc2ccn(C)n2)cc1O. The number of phenols is 1. The Morgan fingerprint density at radius 1 is 1.33 bits per heavy atom. The number of nitrogens with one attached hydrogen (secondary N) is 1. The van der Waals surface area contributed by atoms with E-state index in [-0.39, 0.29) is 5.75 Å². The first-order chi connectivity index (χ1) is 8.69. The Morgan fingerprint density at radius 3 is 2.78 bits per heavy atom. The first-order valence-corrected chi connectivity index (χ1v) is 5.74. The van der Waals surface area contributed by atoms with Gasteiger partial charge in [-0.2, -0.15) is 5.10 Å². The summed E-state index contributed by atoms with van der Waals surface area (Å²) >= 11 is 0. The number of aromatic hydroxyl groups is 1. The van der Waals surface area contributed by atoms with Crippen LogP contribution in [0.15, 0.2) is 30.5 Å². The highest BCUT2D eigenvalue weighted by atomic mass is 16.5. The third-order valence-electron chi connectivity index (χ3n) is 2.65. The number of phenolic OH excluding ortho intramolecular Hbond substituents is 1. The van der Waals surface area contributed by atoms with E-state index in [4.69, 9.17) is 4.74 Å². The van der Waals surface area contributed by atoms with Crippen LogP contribution in [-0.4, -0.2) is 22.0 Å². The highest BCUT2D eigenvalue weighted by molar-refractivity contribution is 5.41. The summed E-state index contributed by atoms with van der Waals surface area (Å²) < 4.78 is 6.77. The number of ether oxygens (including phenoxy) is 1. The Labute approximate surface area is 106 Å². The van der Waals surface area contributed by atoms with Crippen molar-refractivity contribution in [2.45, 2.75) is 13.1 Å². The molecule has 0 unspecified atom stereocenters. The van der Waals surface area contributed by atoms with Gasteiger partial charge in [0.05, 0.1) is 12.8 Å². The minimum Gasteiger partial charge on any atom is -0.504 e. The summed E-state index contributed by atoms with van der Waals surface area (Å²) in [6, 6.07) is 7.35. The molecule has 0 amide bonds. The zero-order chi connectivity index (χ0) is 13.0. The predicted molar refractivity (Wildman–Crippen MR) is 68.4 cm³/mol. The maximum Gasteiger partial charge on any atom is 0.160 e. The van der Waals surface area contributed by atoms with E-state index in [0.717, 1.165) is 11.3 Å². The van der Waals surface area contributed by atoms with Gasteiger partial charge in [-0.1, -0.05) is 6.07 Å². The smallest absolute Gasteiger partial charge is 0.160 e. The van der Waals surface area contributed by atoms with Crippen molar-refractivity contribution in [3.05, 3.63) is 41.7 Å². The average molecular weight is 247 g/mol. The Hall–Kier alpha value is -2.01. The van der Waals surface area contributed by atoms with Crippen LogP contribution in [0, 0.1) is 0 Å². The third-order valence-corrected chi connectivity index (χ3v) is 2.65. The molecule has 0 spiro atoms. The second-order valence-corrected chi connectivity index (χ2v) is 4.09. The maximum absolute atomic E-state index is 9.64. The molecule has 0 aliphatic heterocycles. The molecular formula is C13H17N3O2. The Balaban J connectivity index is 1.88. The van der Waals surface area contributed by atoms with E-state index in [0.29, 0.717) is 18.8 Å². The van der Waals surface area contributed by atoms with Crippen molar-refractivity contribution in [1.29, 1.82) is 0 Å². The molecule has 2 aromatic rings. The van der Waals surface area contributed by atoms with Crippen LogP contribution in [-0.2, 0) is 20.1 Å². The number of rotatable bonds is 5. The number of benzene rings is 1. The fraction of sp³-hybridized carbons (Fsp3) is 0.308. The number of aromatic nitrogens is 2. The van der Waals surface area contributed by atoms with E-state index < -0.39 is 0 Å². The molecule has 0 aliphatic rings. The summed E-state index contributed by atoms with van der Waals surface area (Å²) in [6.07, 6.45) is 1.91. The molecule has 2 N–H and O–H groups in total. The molecular weight excluding hydrogens is 230 g/mol. The molecule has 0 aliphatic carbocycles. The zero-order valence-corrected chi connectivity index (χ0v) is 10.6. The predicted octanol–water partition coefficient (Wildman–Crippen LogP) is 1.42. The number of nitrogens with zero attached hydrogens (tertiary/aromatic N) is 2. The van der Waals surface area contributed by atoms with Crippen molar-refractivity contribution < 1.29 is 9.84 Å². The summed E-state index contributed by atoms with van der Waals surface area (Å²) in [5.41, 5.74) is 2.00. The fourth-order valence-electron chi connectivity index (χ4n) is 1.74. The van der Waals surface area contributed by atoms with Crippen LogP contribution in [0.2, 0.25) is 0 Å². The van der Waals surface area contributed by atoms with Gasteiger partial charge >= 0.3 is 0 Å². The molecule has 5 heteroatoms. The van der Waals surface area contributed by atoms with Gasteiger partial charge in [0.15, 0.2) is 11.5 Å². The molecule has 0 radical (unpaired) electrons. The monoisotopic (exact) mass is 247 g/mol. The van der Waals surface area contributed by atoms with E-state index >= 15 is 0 Å². The molecule has 0 bridgehead atoms. The molecule has 96 valence electrons. The summed E-state index contributed by atoms with van der Waals surface area (Å²) in [6.45, 7) is 1.38. The number of aryl methyl sites for hydroxylation is 1. The lowest BCUT2D eigenvalue weighted by Crippen LogP contribution is -2.13. The van der Waals surface area contributed by atoms with Crippen molar-refractivity contribution in [2.24, 2.45) is 7.05 Å². The van der Waals surface area contributed by atoms with E-state index in [1.807, 2.05) is 25.4 Å². The zero-order valence-electron chi connectivity index (χ0n) is 10.6. The van der Waals surface area contributed by atoms with E-state index in [1.165, 1.54) is 7.11 Å². The van der Waals surface area contributed by atoms with Crippen LogP contribution in [0.3, 0.4) is 0 Å². The molecule has 0 atom stereocenters. The molecule has 0 saturated carbocycles. The van der Waals surface area contributed by atoms with Gasteiger partial charge in [0.2, 0.25) is 0 Å². The number of methoxy groups -OCH3 is 1. The second-order valence-electron chi connectivity index (χ2n) is 4.09. The lowest BCUT2D eigenvalue weighted by molar-refractivity contribution is 0.373. The van der Waals surface area contributed by atoms with Crippen LogP contribution < -0.4 is 10.1 Å². The van der Waals surface area contributed by atoms with Gasteiger partial charge in [-0.3, -0.25) is 4.68 Å². The first kappa shape index (κ1) is 12.4. The number of hydrogen-bond acceptors (Lipinski definition) is 4. The van der Waals surface area contributed by atoms with Crippen molar-refractivity contribution in [2.75, 3.05) is 7.11 Å². The minimum absolute atomic E-state index is 0.162. The molecule has 1 aromatic carbocycles. The summed E-state index contributed by atoms with van der Waals surface area (Å²) in [5.74, 6) is 0.651. The van der Waals surface area contributed by atoms with Crippen LogP contribution in [0.25, 0.3) is 0 Å². The Morgan fingerprint density at radius 2 is 2.17 bits per heavy atom. The van der Waals surface area contributed by atoms with Gasteiger partial charge in [0.1, 0.15) is 0 Å². The molecule has 2 rings (SSSR count). The van der Waals surface area contributed by atoms with Gasteiger partial charge in [-0.25, -0.2) is 0 Å². The highest BCUT2D eigenvalue weighted by Crippen LogP contribution is 2.25. The van der Waals surface area contributed by atoms with Crippen molar-refractivity contribution in [3.63, 3.8) is 0 Å². The summed E-state index contributed by atoms with van der Waals surface area (Å²) in [4.78, 5) is 0. The van der Waals surface area contributed by atoms with Gasteiger partial charge < -0.3 is 15.2 Å². The normalized spacial score (nSPS) is 10.6. The minimum atomic E-state index is 0.162. The van der Waals surface area contributed by atoms with Crippen molar-refractivity contribution >= 4 is 0 Å². The quantitative estimate of drug-likeness (QED) is 0.839. The summed E-state index contributed by atoms with van der Waals surface area (Å²) in [7, 11) is 3.43. The van der Waals surface area contributed by atoms with Gasteiger partial charge in [0, 0.05) is 26.3 Å². The fourth-order valence-corrected chi connectivity index (χ4v) is 1.74. The molecule has 0 saturated heterocycles. The maximum atomic E-state index is 9.64. The molecule has 0 fully saturated rings. The van der Waals surface area contributed by atoms with E-state index in [9.17, 15) is 5.11 Å². The second kappa shape index (κ2) is 5.55. The van der Waals surface area contributed by atoms with Crippen LogP contribution in [0.1, 0.15) is 11.3 Å². The van der Waals surface area contributed by atoms with Gasteiger partial charge in [-0.05, 0) is 23.8 Å². The van der Waals surface area contributed by atoms with Crippen molar-refractivity contribution in [3.8, 4) is 11.5 Å². The lowest BCUT2D eigenvalue weighted by Gasteiger charge is -2.07. The average Bonchev–Trinajstić information content (AvgIpc) is 2.75. The Bertz CT molecular complexity index is 523. The highest BCUT2D eigenvalue weighted by Gasteiger charge is 2.02. The topological polar surface area (TPSA) is 59.3 Å².